The number of piperidine rings is 1. The van der Waals surface area contributed by atoms with Gasteiger partial charge in [-0.2, -0.15) is 4.52 Å². The molecule has 0 aliphatic carbocycles. The summed E-state index contributed by atoms with van der Waals surface area (Å²) < 4.78 is 1.77. The van der Waals surface area contributed by atoms with Crippen LogP contribution < -0.4 is 10.2 Å². The predicted octanol–water partition coefficient (Wildman–Crippen LogP) is 3.85. The fourth-order valence-corrected chi connectivity index (χ4v) is 4.15. The van der Waals surface area contributed by atoms with E-state index in [2.05, 4.69) is 20.4 Å². The molecule has 0 saturated carbocycles. The molecule has 0 spiro atoms. The molecular formula is C25H24N6O2. The fourth-order valence-electron chi connectivity index (χ4n) is 4.15. The number of hydrogen-bond donors (Lipinski definition) is 1. The summed E-state index contributed by atoms with van der Waals surface area (Å²) in [6.45, 7) is 2.98. The normalized spacial score (nSPS) is 14.4. The van der Waals surface area contributed by atoms with Gasteiger partial charge in [0.15, 0.2) is 17.3 Å². The number of benzene rings is 2. The monoisotopic (exact) mass is 440 g/mol. The molecule has 1 fully saturated rings. The van der Waals surface area contributed by atoms with Crippen LogP contribution in [-0.4, -0.2) is 44.6 Å². The largest absolute Gasteiger partial charge is 0.355 e. The minimum Gasteiger partial charge on any atom is -0.355 e. The van der Waals surface area contributed by atoms with Gasteiger partial charge in [-0.3, -0.25) is 9.59 Å². The molecule has 0 unspecified atom stereocenters. The molecule has 1 aliphatic rings. The first kappa shape index (κ1) is 20.8. The lowest BCUT2D eigenvalue weighted by Crippen LogP contribution is -2.38. The van der Waals surface area contributed by atoms with Crippen LogP contribution in [0.3, 0.4) is 0 Å². The Morgan fingerprint density at radius 2 is 1.73 bits per heavy atom. The third kappa shape index (κ3) is 4.32. The number of anilines is 2. The predicted molar refractivity (Wildman–Crippen MR) is 126 cm³/mol. The van der Waals surface area contributed by atoms with Gasteiger partial charge < -0.3 is 10.2 Å². The summed E-state index contributed by atoms with van der Waals surface area (Å²) in [5.41, 5.74) is 2.90. The third-order valence-corrected chi connectivity index (χ3v) is 6.01. The minimum atomic E-state index is -0.0826. The molecular weight excluding hydrogens is 416 g/mol. The zero-order chi connectivity index (χ0) is 22.8. The maximum absolute atomic E-state index is 12.8. The molecule has 166 valence electrons. The Bertz CT molecular complexity index is 1310. The van der Waals surface area contributed by atoms with Crippen LogP contribution in [0.1, 0.15) is 30.1 Å². The highest BCUT2D eigenvalue weighted by atomic mass is 16.2. The topological polar surface area (TPSA) is 92.5 Å². The minimum absolute atomic E-state index is 0.0102. The van der Waals surface area contributed by atoms with E-state index in [-0.39, 0.29) is 17.6 Å². The van der Waals surface area contributed by atoms with Gasteiger partial charge in [-0.1, -0.05) is 42.5 Å². The molecule has 33 heavy (non-hydrogen) atoms. The van der Waals surface area contributed by atoms with Crippen LogP contribution in [0, 0.1) is 5.92 Å². The van der Waals surface area contributed by atoms with Gasteiger partial charge >= 0.3 is 0 Å². The van der Waals surface area contributed by atoms with E-state index in [1.165, 1.54) is 6.92 Å². The molecule has 0 radical (unpaired) electrons. The van der Waals surface area contributed by atoms with E-state index in [9.17, 15) is 9.59 Å². The van der Waals surface area contributed by atoms with Crippen molar-refractivity contribution in [1.82, 2.24) is 19.8 Å². The number of nitrogens with one attached hydrogen (secondary N) is 1. The van der Waals surface area contributed by atoms with Crippen LogP contribution in [-0.2, 0) is 4.79 Å². The molecule has 2 aromatic carbocycles. The van der Waals surface area contributed by atoms with Gasteiger partial charge in [0.1, 0.15) is 5.82 Å². The number of rotatable bonds is 5. The van der Waals surface area contributed by atoms with E-state index < -0.39 is 0 Å². The van der Waals surface area contributed by atoms with Crippen molar-refractivity contribution in [3.05, 3.63) is 72.3 Å². The van der Waals surface area contributed by atoms with Crippen LogP contribution in [0.4, 0.5) is 11.5 Å². The molecule has 1 amide bonds. The summed E-state index contributed by atoms with van der Waals surface area (Å²) in [5, 5.41) is 16.3. The average Bonchev–Trinajstić information content (AvgIpc) is 3.28. The number of amides is 1. The fraction of sp³-hybridized carbons (Fsp3) is 0.240. The summed E-state index contributed by atoms with van der Waals surface area (Å²) in [4.78, 5) is 26.6. The highest BCUT2D eigenvalue weighted by molar-refractivity contribution is 5.97. The number of carbonyl (C=O) groups excluding carboxylic acids is 2. The Morgan fingerprint density at radius 3 is 2.48 bits per heavy atom. The lowest BCUT2D eigenvalue weighted by atomic mass is 9.95. The summed E-state index contributed by atoms with van der Waals surface area (Å²) in [7, 11) is 0. The van der Waals surface area contributed by atoms with Gasteiger partial charge in [0.25, 0.3) is 0 Å². The molecule has 0 atom stereocenters. The highest BCUT2D eigenvalue weighted by Crippen LogP contribution is 2.25. The Morgan fingerprint density at radius 1 is 0.939 bits per heavy atom. The van der Waals surface area contributed by atoms with Crippen molar-refractivity contribution in [1.29, 1.82) is 0 Å². The maximum Gasteiger partial charge on any atom is 0.227 e. The average molecular weight is 441 g/mol. The van der Waals surface area contributed by atoms with Crippen LogP contribution in [0.2, 0.25) is 0 Å². The van der Waals surface area contributed by atoms with E-state index in [1.807, 2.05) is 48.5 Å². The van der Waals surface area contributed by atoms with Crippen molar-refractivity contribution < 1.29 is 9.59 Å². The third-order valence-electron chi connectivity index (χ3n) is 6.01. The molecule has 1 N–H and O–H groups in total. The Balaban J connectivity index is 1.27. The van der Waals surface area contributed by atoms with E-state index >= 15 is 0 Å². The number of hydrogen-bond acceptors (Lipinski definition) is 6. The van der Waals surface area contributed by atoms with Crippen LogP contribution in [0.15, 0.2) is 66.7 Å². The number of nitrogens with zero attached hydrogens (tertiary/aromatic N) is 5. The van der Waals surface area contributed by atoms with E-state index in [4.69, 9.17) is 5.10 Å². The molecule has 8 heteroatoms. The first-order chi connectivity index (χ1) is 16.1. The SMILES string of the molecule is CC(=O)c1cccc(NC(=O)C2CCN(c3ccc4nnc(-c5ccccc5)n4n3)CC2)c1. The number of ketones is 1. The van der Waals surface area contributed by atoms with Crippen molar-refractivity contribution in [3.8, 4) is 11.4 Å². The Kier molecular flexibility index (Phi) is 5.56. The maximum atomic E-state index is 12.8. The molecule has 0 bridgehead atoms. The van der Waals surface area contributed by atoms with E-state index in [0.717, 1.165) is 37.3 Å². The van der Waals surface area contributed by atoms with Gasteiger partial charge in [-0.15, -0.1) is 15.3 Å². The van der Waals surface area contributed by atoms with E-state index in [0.29, 0.717) is 22.7 Å². The zero-order valence-electron chi connectivity index (χ0n) is 18.3. The number of Topliss-reactive ketones (excluding diaryl/α,β-unsaturated/α-hetero) is 1. The van der Waals surface area contributed by atoms with Crippen LogP contribution in [0.25, 0.3) is 17.0 Å². The standard InChI is InChI=1S/C25H24N6O2/c1-17(32)20-8-5-9-21(16-20)26-25(33)19-12-14-30(15-13-19)23-11-10-22-27-28-24(31(22)29-23)18-6-3-2-4-7-18/h2-11,16,19H,12-15H2,1H3,(H,26,33). The Labute approximate surface area is 191 Å². The van der Waals surface area contributed by atoms with Crippen molar-refractivity contribution in [2.24, 2.45) is 5.92 Å². The van der Waals surface area contributed by atoms with Gasteiger partial charge in [0.05, 0.1) is 0 Å². The number of carbonyl (C=O) groups is 2. The molecule has 1 saturated heterocycles. The second kappa shape index (κ2) is 8.82. The smallest absolute Gasteiger partial charge is 0.227 e. The van der Waals surface area contributed by atoms with Gasteiger partial charge in [0.2, 0.25) is 5.91 Å². The summed E-state index contributed by atoms with van der Waals surface area (Å²) in [5.74, 6) is 1.43. The second-order valence-electron chi connectivity index (χ2n) is 8.24. The summed E-state index contributed by atoms with van der Waals surface area (Å²) in [6, 6.07) is 20.8. The van der Waals surface area contributed by atoms with E-state index in [1.54, 1.807) is 22.7 Å². The lowest BCUT2D eigenvalue weighted by molar-refractivity contribution is -0.120. The summed E-state index contributed by atoms with van der Waals surface area (Å²) in [6.07, 6.45) is 1.46. The van der Waals surface area contributed by atoms with Crippen molar-refractivity contribution in [2.75, 3.05) is 23.3 Å². The lowest BCUT2D eigenvalue weighted by Gasteiger charge is -2.32. The molecule has 8 nitrogen and oxygen atoms in total. The molecule has 5 rings (SSSR count). The molecule has 4 aromatic rings. The Hall–Kier alpha value is -4.07. The van der Waals surface area contributed by atoms with Crippen molar-refractivity contribution in [2.45, 2.75) is 19.8 Å². The first-order valence-electron chi connectivity index (χ1n) is 11.0. The molecule has 2 aromatic heterocycles. The summed E-state index contributed by atoms with van der Waals surface area (Å²) >= 11 is 0. The highest BCUT2D eigenvalue weighted by Gasteiger charge is 2.26. The van der Waals surface area contributed by atoms with Gasteiger partial charge in [0, 0.05) is 35.8 Å². The van der Waals surface area contributed by atoms with Crippen LogP contribution >= 0.6 is 0 Å². The van der Waals surface area contributed by atoms with Crippen LogP contribution in [0.5, 0.6) is 0 Å². The second-order valence-corrected chi connectivity index (χ2v) is 8.24. The quantitative estimate of drug-likeness (QED) is 0.474. The molecule has 3 heterocycles. The number of fused-ring (bicyclic) bond motifs is 1. The van der Waals surface area contributed by atoms with Crippen molar-refractivity contribution in [3.63, 3.8) is 0 Å². The van der Waals surface area contributed by atoms with Gasteiger partial charge in [-0.05, 0) is 44.0 Å². The zero-order valence-corrected chi connectivity index (χ0v) is 18.3. The van der Waals surface area contributed by atoms with Crippen molar-refractivity contribution >= 4 is 28.8 Å². The number of aromatic nitrogens is 4. The molecule has 1 aliphatic heterocycles. The van der Waals surface area contributed by atoms with Gasteiger partial charge in [-0.25, -0.2) is 0 Å². The first-order valence-corrected chi connectivity index (χ1v) is 11.0.